The maximum absolute atomic E-state index is 5.54. The van der Waals surface area contributed by atoms with E-state index in [0.717, 1.165) is 5.02 Å². The van der Waals surface area contributed by atoms with E-state index in [1.54, 1.807) is 0 Å². The first kappa shape index (κ1) is 11.9. The van der Waals surface area contributed by atoms with Gasteiger partial charge in [0.05, 0.1) is 0 Å². The van der Waals surface area contributed by atoms with Crippen molar-refractivity contribution in [2.24, 2.45) is 0 Å². The number of halogens is 2. The van der Waals surface area contributed by atoms with Crippen LogP contribution in [0.5, 0.6) is 0 Å². The zero-order valence-corrected chi connectivity index (χ0v) is 7.39. The molecule has 0 saturated heterocycles. The van der Waals surface area contributed by atoms with E-state index in [1.165, 1.54) is 0 Å². The van der Waals surface area contributed by atoms with Crippen LogP contribution in [0.3, 0.4) is 0 Å². The Morgan fingerprint density at radius 2 is 1.44 bits per heavy atom. The molecule has 0 radical (unpaired) electrons. The van der Waals surface area contributed by atoms with Gasteiger partial charge in [-0.25, -0.2) is 0 Å². The van der Waals surface area contributed by atoms with Gasteiger partial charge in [-0.15, -0.1) is 0 Å². The van der Waals surface area contributed by atoms with Crippen molar-refractivity contribution in [2.45, 2.75) is 0 Å². The van der Waals surface area contributed by atoms with Crippen molar-refractivity contribution in [2.75, 3.05) is 0 Å². The summed E-state index contributed by atoms with van der Waals surface area (Å²) >= 11 is 5.54. The molecule has 0 aliphatic heterocycles. The molecule has 1 aromatic carbocycles. The Morgan fingerprint density at radius 1 is 1.00 bits per heavy atom. The molecule has 0 heterocycles. The van der Waals surface area contributed by atoms with Crippen LogP contribution in [0.15, 0.2) is 30.3 Å². The molecule has 0 aliphatic carbocycles. The van der Waals surface area contributed by atoms with Crippen molar-refractivity contribution >= 4 is 25.1 Å². The molecule has 3 heteroatoms. The summed E-state index contributed by atoms with van der Waals surface area (Å²) < 4.78 is 0. The van der Waals surface area contributed by atoms with Gasteiger partial charge in [-0.05, 0) is 12.1 Å². The Hall–Kier alpha value is 0.150. The van der Waals surface area contributed by atoms with Crippen molar-refractivity contribution in [3.05, 3.63) is 35.4 Å². The normalized spacial score (nSPS) is 6.78. The molecule has 0 amide bonds. The Morgan fingerprint density at radius 3 is 1.67 bits per heavy atom. The van der Waals surface area contributed by atoms with Crippen LogP contribution in [0.2, 0.25) is 5.02 Å². The van der Waals surface area contributed by atoms with E-state index in [2.05, 4.69) is 0 Å². The Kier molecular flexibility index (Phi) is 8.29. The monoisotopic (exact) mass is 182 g/mol. The van der Waals surface area contributed by atoms with E-state index in [9.17, 15) is 0 Å². The van der Waals surface area contributed by atoms with E-state index in [1.807, 2.05) is 30.3 Å². The zero-order chi connectivity index (χ0) is 5.11. The van der Waals surface area contributed by atoms with Gasteiger partial charge in [0.15, 0.2) is 0 Å². The summed E-state index contributed by atoms with van der Waals surface area (Å²) in [5.41, 5.74) is 0. The van der Waals surface area contributed by atoms with Gasteiger partial charge in [-0.2, -0.15) is 0 Å². The van der Waals surface area contributed by atoms with Gasteiger partial charge in [-0.1, -0.05) is 43.3 Å². The molecule has 0 N–H and O–H groups in total. The average Bonchev–Trinajstić information content (AvgIpc) is 1.69. The quantitative estimate of drug-likeness (QED) is 0.431. The minimum Gasteiger partial charge on any atom is -1.00 e. The highest BCUT2D eigenvalue weighted by Gasteiger charge is 1.74. The standard InChI is InChI=1S/C6H5Cl.ClH.H2S/c7-6-4-2-1-3-5-6;;/h1-5H;1H;1H2. The van der Waals surface area contributed by atoms with Crippen LogP contribution in [-0.4, -0.2) is 0 Å². The highest BCUT2D eigenvalue weighted by Crippen LogP contribution is 2.03. The van der Waals surface area contributed by atoms with Gasteiger partial charge >= 0.3 is 0 Å². The SMILES string of the molecule is Clc1ccccc1.[Cl-].[SH3+]. The third kappa shape index (κ3) is 4.64. The molecule has 0 spiro atoms. The summed E-state index contributed by atoms with van der Waals surface area (Å²) in [6.07, 6.45) is 0. The lowest BCUT2D eigenvalue weighted by atomic mass is 10.4. The van der Waals surface area contributed by atoms with Crippen LogP contribution in [0, 0.1) is 0 Å². The van der Waals surface area contributed by atoms with Gasteiger partial charge in [0.2, 0.25) is 0 Å². The molecule has 0 aromatic heterocycles. The van der Waals surface area contributed by atoms with Gasteiger partial charge in [0, 0.05) is 5.02 Å². The van der Waals surface area contributed by atoms with Crippen LogP contribution in [-0.2, 0) is 13.5 Å². The summed E-state index contributed by atoms with van der Waals surface area (Å²) in [6, 6.07) is 9.44. The first-order valence-corrected chi connectivity index (χ1v) is 2.48. The van der Waals surface area contributed by atoms with E-state index in [4.69, 9.17) is 11.6 Å². The molecular formula is C6H8Cl2S. The fraction of sp³-hybridized carbons (Fsp3) is 0. The highest BCUT2D eigenvalue weighted by atomic mass is 35.5. The summed E-state index contributed by atoms with van der Waals surface area (Å²) in [5.74, 6) is 0. The van der Waals surface area contributed by atoms with Crippen molar-refractivity contribution < 1.29 is 12.4 Å². The third-order valence-electron chi connectivity index (χ3n) is 0.733. The zero-order valence-electron chi connectivity index (χ0n) is 4.72. The molecule has 0 nitrogen and oxygen atoms in total. The van der Waals surface area contributed by atoms with Crippen molar-refractivity contribution in [1.29, 1.82) is 0 Å². The van der Waals surface area contributed by atoms with Gasteiger partial charge in [0.1, 0.15) is 0 Å². The lowest BCUT2D eigenvalue weighted by molar-refractivity contribution is -0.00000145. The fourth-order valence-corrected chi connectivity index (χ4v) is 0.560. The topological polar surface area (TPSA) is 0 Å². The molecule has 0 unspecified atom stereocenters. The number of hydrogen-bond donors (Lipinski definition) is 0. The van der Waals surface area contributed by atoms with Crippen molar-refractivity contribution in [3.8, 4) is 0 Å². The molecule has 0 aliphatic rings. The summed E-state index contributed by atoms with van der Waals surface area (Å²) in [7, 11) is 0. The molecule has 0 fully saturated rings. The molecular weight excluding hydrogens is 175 g/mol. The number of benzene rings is 1. The van der Waals surface area contributed by atoms with Gasteiger partial charge in [-0.3, -0.25) is 0 Å². The number of rotatable bonds is 0. The van der Waals surface area contributed by atoms with E-state index >= 15 is 0 Å². The average molecular weight is 183 g/mol. The molecule has 0 atom stereocenters. The largest absolute Gasteiger partial charge is 1.00 e. The maximum Gasteiger partial charge on any atom is 0.0405 e. The van der Waals surface area contributed by atoms with Crippen LogP contribution in [0.4, 0.5) is 0 Å². The van der Waals surface area contributed by atoms with Crippen LogP contribution in [0.1, 0.15) is 0 Å². The lowest BCUT2D eigenvalue weighted by Gasteiger charge is -1.80. The van der Waals surface area contributed by atoms with E-state index in [-0.39, 0.29) is 25.9 Å². The second-order valence-corrected chi connectivity index (χ2v) is 1.73. The second-order valence-electron chi connectivity index (χ2n) is 1.30. The summed E-state index contributed by atoms with van der Waals surface area (Å²) in [5, 5.41) is 0.794. The molecule has 1 aromatic rings. The third-order valence-corrected chi connectivity index (χ3v) is 0.985. The Labute approximate surface area is 73.1 Å². The molecule has 0 bridgehead atoms. The minimum atomic E-state index is 0. The predicted molar refractivity (Wildman–Crippen MR) is 43.0 cm³/mol. The Bertz CT molecular complexity index is 141. The van der Waals surface area contributed by atoms with Gasteiger partial charge < -0.3 is 12.4 Å². The minimum absolute atomic E-state index is 0. The Balaban J connectivity index is 0. The highest BCUT2D eigenvalue weighted by molar-refractivity contribution is 7.37. The van der Waals surface area contributed by atoms with Crippen molar-refractivity contribution in [1.82, 2.24) is 0 Å². The lowest BCUT2D eigenvalue weighted by Crippen LogP contribution is -3.00. The second kappa shape index (κ2) is 6.27. The summed E-state index contributed by atoms with van der Waals surface area (Å²) in [4.78, 5) is 0. The smallest absolute Gasteiger partial charge is 0.0405 e. The van der Waals surface area contributed by atoms with E-state index in [0.29, 0.717) is 0 Å². The molecule has 9 heavy (non-hydrogen) atoms. The predicted octanol–water partition coefficient (Wildman–Crippen LogP) is -1.46. The first-order valence-electron chi connectivity index (χ1n) is 2.10. The molecule has 52 valence electrons. The van der Waals surface area contributed by atoms with Crippen LogP contribution in [0.25, 0.3) is 0 Å². The number of hydrogen-bond acceptors (Lipinski definition) is 0. The van der Waals surface area contributed by atoms with Crippen LogP contribution < -0.4 is 12.4 Å². The maximum atomic E-state index is 5.54. The van der Waals surface area contributed by atoms with Gasteiger partial charge in [0.25, 0.3) is 0 Å². The fourth-order valence-electron chi connectivity index (χ4n) is 0.415. The molecule has 1 rings (SSSR count). The van der Waals surface area contributed by atoms with E-state index < -0.39 is 0 Å². The first-order chi connectivity index (χ1) is 3.39. The van der Waals surface area contributed by atoms with Crippen LogP contribution >= 0.6 is 11.6 Å². The van der Waals surface area contributed by atoms with Crippen molar-refractivity contribution in [3.63, 3.8) is 0 Å². The molecule has 0 saturated carbocycles. The summed E-state index contributed by atoms with van der Waals surface area (Å²) in [6.45, 7) is 0.